The van der Waals surface area contributed by atoms with Gasteiger partial charge in [0.05, 0.1) is 12.8 Å². The van der Waals surface area contributed by atoms with E-state index in [2.05, 4.69) is 15.5 Å². The fraction of sp³-hybridized carbons (Fsp3) is 0.188. The van der Waals surface area contributed by atoms with E-state index in [1.165, 1.54) is 24.9 Å². The van der Waals surface area contributed by atoms with Crippen LogP contribution in [-0.4, -0.2) is 27.3 Å². The van der Waals surface area contributed by atoms with Crippen LogP contribution in [0.3, 0.4) is 0 Å². The average Bonchev–Trinajstić information content (AvgIpc) is 3.02. The molecule has 23 heavy (non-hydrogen) atoms. The van der Waals surface area contributed by atoms with Gasteiger partial charge >= 0.3 is 0 Å². The van der Waals surface area contributed by atoms with Gasteiger partial charge in [-0.3, -0.25) is 0 Å². The second kappa shape index (κ2) is 6.78. The first-order valence-corrected chi connectivity index (χ1v) is 7.97. The van der Waals surface area contributed by atoms with Crippen LogP contribution in [0.25, 0.3) is 5.69 Å². The van der Waals surface area contributed by atoms with E-state index in [9.17, 15) is 4.39 Å². The summed E-state index contributed by atoms with van der Waals surface area (Å²) in [5.41, 5.74) is 2.85. The zero-order chi connectivity index (χ0) is 16.2. The van der Waals surface area contributed by atoms with E-state index in [0.29, 0.717) is 10.9 Å². The molecule has 2 aromatic carbocycles. The Morgan fingerprint density at radius 3 is 2.78 bits per heavy atom. The van der Waals surface area contributed by atoms with Crippen LogP contribution < -0.4 is 4.74 Å². The van der Waals surface area contributed by atoms with Gasteiger partial charge in [-0.25, -0.2) is 4.39 Å². The number of hydrogen-bond donors (Lipinski definition) is 0. The fourth-order valence-electron chi connectivity index (χ4n) is 2.17. The molecule has 0 aliphatic heterocycles. The molecule has 5 nitrogen and oxygen atoms in total. The van der Waals surface area contributed by atoms with E-state index in [0.717, 1.165) is 16.8 Å². The summed E-state index contributed by atoms with van der Waals surface area (Å²) in [5.74, 6) is 0.431. The lowest BCUT2D eigenvalue weighted by Gasteiger charge is -2.07. The van der Waals surface area contributed by atoms with Gasteiger partial charge in [-0.05, 0) is 46.7 Å². The Morgan fingerprint density at radius 1 is 1.22 bits per heavy atom. The molecular weight excluding hydrogens is 315 g/mol. The van der Waals surface area contributed by atoms with Gasteiger partial charge < -0.3 is 4.74 Å². The molecule has 0 bridgehead atoms. The summed E-state index contributed by atoms with van der Waals surface area (Å²) in [6.45, 7) is 2.00. The van der Waals surface area contributed by atoms with Gasteiger partial charge in [-0.15, -0.1) is 5.10 Å². The number of ether oxygens (including phenoxy) is 1. The molecule has 3 rings (SSSR count). The van der Waals surface area contributed by atoms with Crippen LogP contribution in [0.4, 0.5) is 4.39 Å². The highest BCUT2D eigenvalue weighted by Crippen LogP contribution is 2.26. The Kier molecular flexibility index (Phi) is 4.57. The summed E-state index contributed by atoms with van der Waals surface area (Å²) in [6.07, 6.45) is 0. The van der Waals surface area contributed by atoms with Crippen molar-refractivity contribution in [3.8, 4) is 11.4 Å². The lowest BCUT2D eigenvalue weighted by molar-refractivity contribution is 0.386. The van der Waals surface area contributed by atoms with Gasteiger partial charge in [0.25, 0.3) is 0 Å². The second-order valence-electron chi connectivity index (χ2n) is 4.92. The van der Waals surface area contributed by atoms with Gasteiger partial charge in [0.15, 0.2) is 11.6 Å². The topological polar surface area (TPSA) is 52.8 Å². The summed E-state index contributed by atoms with van der Waals surface area (Å²) in [7, 11) is 1.45. The first-order chi connectivity index (χ1) is 11.2. The molecule has 0 fully saturated rings. The Bertz CT molecular complexity index is 821. The molecule has 0 aliphatic carbocycles. The van der Waals surface area contributed by atoms with Crippen LogP contribution >= 0.6 is 11.8 Å². The van der Waals surface area contributed by atoms with Gasteiger partial charge in [-0.2, -0.15) is 4.68 Å². The lowest BCUT2D eigenvalue weighted by Crippen LogP contribution is -2.01. The molecule has 7 heteroatoms. The number of halogens is 1. The molecule has 0 spiro atoms. The van der Waals surface area contributed by atoms with Crippen molar-refractivity contribution in [2.45, 2.75) is 17.8 Å². The van der Waals surface area contributed by atoms with Crippen molar-refractivity contribution < 1.29 is 9.13 Å². The van der Waals surface area contributed by atoms with E-state index in [1.54, 1.807) is 10.7 Å². The first kappa shape index (κ1) is 15.5. The van der Waals surface area contributed by atoms with Crippen LogP contribution in [-0.2, 0) is 5.75 Å². The predicted molar refractivity (Wildman–Crippen MR) is 86.4 cm³/mol. The van der Waals surface area contributed by atoms with Crippen molar-refractivity contribution in [2.75, 3.05) is 7.11 Å². The highest BCUT2D eigenvalue weighted by Gasteiger charge is 2.11. The monoisotopic (exact) mass is 330 g/mol. The van der Waals surface area contributed by atoms with E-state index in [4.69, 9.17) is 4.74 Å². The van der Waals surface area contributed by atoms with E-state index in [-0.39, 0.29) is 11.6 Å². The van der Waals surface area contributed by atoms with E-state index >= 15 is 0 Å². The highest BCUT2D eigenvalue weighted by atomic mass is 32.2. The summed E-state index contributed by atoms with van der Waals surface area (Å²) < 4.78 is 20.4. The van der Waals surface area contributed by atoms with Crippen LogP contribution in [0.15, 0.2) is 47.6 Å². The molecule has 3 aromatic rings. The maximum Gasteiger partial charge on any atom is 0.214 e. The molecule has 0 atom stereocenters. The maximum absolute atomic E-state index is 13.7. The number of aromatic nitrogens is 4. The number of benzene rings is 2. The predicted octanol–water partition coefficient (Wildman–Crippen LogP) is 3.41. The Balaban J connectivity index is 1.79. The molecule has 0 N–H and O–H groups in total. The molecule has 1 heterocycles. The zero-order valence-corrected chi connectivity index (χ0v) is 13.5. The average molecular weight is 330 g/mol. The number of aryl methyl sites for hydroxylation is 1. The minimum Gasteiger partial charge on any atom is -0.494 e. The number of methoxy groups -OCH3 is 1. The smallest absolute Gasteiger partial charge is 0.214 e. The third-order valence-electron chi connectivity index (χ3n) is 3.37. The molecule has 0 amide bonds. The van der Waals surface area contributed by atoms with Crippen LogP contribution in [0, 0.1) is 12.7 Å². The van der Waals surface area contributed by atoms with Crippen molar-refractivity contribution in [1.29, 1.82) is 0 Å². The van der Waals surface area contributed by atoms with Crippen LogP contribution in [0.2, 0.25) is 0 Å². The molecular formula is C16H15FN4OS. The lowest BCUT2D eigenvalue weighted by atomic mass is 10.2. The molecule has 118 valence electrons. The highest BCUT2D eigenvalue weighted by molar-refractivity contribution is 7.98. The van der Waals surface area contributed by atoms with E-state index < -0.39 is 0 Å². The zero-order valence-electron chi connectivity index (χ0n) is 12.7. The standard InChI is InChI=1S/C16H15FN4OS/c1-11-5-3-4-6-14(11)21-16(18-19-20-21)23-10-12-7-8-15(22-2)13(17)9-12/h3-9H,10H2,1-2H3. The molecule has 1 aromatic heterocycles. The number of nitrogens with zero attached hydrogens (tertiary/aromatic N) is 4. The number of hydrogen-bond acceptors (Lipinski definition) is 5. The largest absolute Gasteiger partial charge is 0.494 e. The molecule has 0 radical (unpaired) electrons. The van der Waals surface area contributed by atoms with Crippen molar-refractivity contribution in [1.82, 2.24) is 20.2 Å². The van der Waals surface area contributed by atoms with Crippen molar-refractivity contribution in [3.05, 3.63) is 59.4 Å². The Labute approximate surface area is 137 Å². The molecule has 0 aliphatic rings. The van der Waals surface area contributed by atoms with Gasteiger partial charge in [-0.1, -0.05) is 36.0 Å². The van der Waals surface area contributed by atoms with Crippen molar-refractivity contribution >= 4 is 11.8 Å². The van der Waals surface area contributed by atoms with Crippen LogP contribution in [0.5, 0.6) is 5.75 Å². The number of rotatable bonds is 5. The number of thioether (sulfide) groups is 1. The van der Waals surface area contributed by atoms with Crippen molar-refractivity contribution in [2.24, 2.45) is 0 Å². The van der Waals surface area contributed by atoms with Crippen molar-refractivity contribution in [3.63, 3.8) is 0 Å². The number of para-hydroxylation sites is 1. The summed E-state index contributed by atoms with van der Waals surface area (Å²) in [5, 5.41) is 12.5. The SMILES string of the molecule is COc1ccc(CSc2nnnn2-c2ccccc2C)cc1F. The molecule has 0 saturated carbocycles. The summed E-state index contributed by atoms with van der Waals surface area (Å²) in [6, 6.07) is 12.8. The molecule has 0 saturated heterocycles. The number of tetrazole rings is 1. The Morgan fingerprint density at radius 2 is 2.04 bits per heavy atom. The molecule has 0 unspecified atom stereocenters. The van der Waals surface area contributed by atoms with Gasteiger partial charge in [0.2, 0.25) is 5.16 Å². The third-order valence-corrected chi connectivity index (χ3v) is 4.36. The quantitative estimate of drug-likeness (QED) is 0.671. The van der Waals surface area contributed by atoms with Crippen LogP contribution in [0.1, 0.15) is 11.1 Å². The first-order valence-electron chi connectivity index (χ1n) is 6.98. The Hall–Kier alpha value is -2.41. The van der Waals surface area contributed by atoms with E-state index in [1.807, 2.05) is 37.3 Å². The summed E-state index contributed by atoms with van der Waals surface area (Å²) >= 11 is 1.45. The minimum atomic E-state index is -0.371. The normalized spacial score (nSPS) is 10.7. The fourth-order valence-corrected chi connectivity index (χ4v) is 3.00. The minimum absolute atomic E-state index is 0.239. The second-order valence-corrected chi connectivity index (χ2v) is 5.86. The van der Waals surface area contributed by atoms with Gasteiger partial charge in [0.1, 0.15) is 0 Å². The third kappa shape index (κ3) is 3.34. The summed E-state index contributed by atoms with van der Waals surface area (Å²) in [4.78, 5) is 0. The maximum atomic E-state index is 13.7. The van der Waals surface area contributed by atoms with Gasteiger partial charge in [0, 0.05) is 5.75 Å².